The van der Waals surface area contributed by atoms with Crippen molar-refractivity contribution in [3.63, 3.8) is 0 Å². The lowest BCUT2D eigenvalue weighted by Gasteiger charge is -2.23. The lowest BCUT2D eigenvalue weighted by Crippen LogP contribution is -2.36. The molecule has 0 bridgehead atoms. The van der Waals surface area contributed by atoms with E-state index >= 15 is 0 Å². The van der Waals surface area contributed by atoms with Gasteiger partial charge in [-0.05, 0) is 69.4 Å². The highest BCUT2D eigenvalue weighted by molar-refractivity contribution is 7.90. The van der Waals surface area contributed by atoms with Gasteiger partial charge in [-0.3, -0.25) is 9.69 Å². The number of carbonyl (C=O) groups is 1. The predicted molar refractivity (Wildman–Crippen MR) is 149 cm³/mol. The summed E-state index contributed by atoms with van der Waals surface area (Å²) in [5.41, 5.74) is 0.940. The first kappa shape index (κ1) is 29.2. The molecule has 0 saturated heterocycles. The number of likely N-dealkylation sites (N-methyl/N-ethyl adjacent to an activating group) is 1. The highest BCUT2D eigenvalue weighted by Crippen LogP contribution is 2.31. The molecule has 202 valence electrons. The van der Waals surface area contributed by atoms with Gasteiger partial charge in [0.2, 0.25) is 10.0 Å². The first-order valence-corrected chi connectivity index (χ1v) is 16.2. The van der Waals surface area contributed by atoms with Gasteiger partial charge in [0.15, 0.2) is 15.0 Å². The number of benzene rings is 2. The van der Waals surface area contributed by atoms with Gasteiger partial charge in [0.05, 0.1) is 20.0 Å². The van der Waals surface area contributed by atoms with Crippen molar-refractivity contribution < 1.29 is 21.6 Å². The Kier molecular flexibility index (Phi) is 9.46. The first-order valence-electron chi connectivity index (χ1n) is 12.1. The second-order valence-corrected chi connectivity index (χ2v) is 14.0. The van der Waals surface area contributed by atoms with Gasteiger partial charge in [0.1, 0.15) is 0 Å². The van der Waals surface area contributed by atoms with Crippen molar-refractivity contribution in [2.24, 2.45) is 0 Å². The van der Waals surface area contributed by atoms with Gasteiger partial charge >= 0.3 is 0 Å². The minimum absolute atomic E-state index is 0.152. The van der Waals surface area contributed by atoms with Crippen molar-refractivity contribution >= 4 is 52.5 Å². The molecule has 37 heavy (non-hydrogen) atoms. The molecule has 0 atom stereocenters. The van der Waals surface area contributed by atoms with Crippen molar-refractivity contribution in [2.75, 3.05) is 51.4 Å². The Morgan fingerprint density at radius 1 is 0.865 bits per heavy atom. The van der Waals surface area contributed by atoms with Crippen LogP contribution in [0.1, 0.15) is 37.0 Å². The number of anilines is 1. The van der Waals surface area contributed by atoms with Crippen LogP contribution in [0.15, 0.2) is 52.3 Å². The highest BCUT2D eigenvalue weighted by atomic mass is 32.2. The summed E-state index contributed by atoms with van der Waals surface area (Å²) in [5, 5.41) is 0.446. The summed E-state index contributed by atoms with van der Waals surface area (Å²) in [6.45, 7) is 5.68. The number of hydrogen-bond donors (Lipinski definition) is 0. The number of sulfonamides is 1. The van der Waals surface area contributed by atoms with E-state index in [0.29, 0.717) is 59.9 Å². The lowest BCUT2D eigenvalue weighted by atomic mass is 10.2. The Bertz CT molecular complexity index is 1440. The van der Waals surface area contributed by atoms with E-state index in [-0.39, 0.29) is 15.7 Å². The van der Waals surface area contributed by atoms with Crippen LogP contribution in [-0.2, 0) is 19.9 Å². The molecule has 0 spiro atoms. The van der Waals surface area contributed by atoms with Gasteiger partial charge in [0, 0.05) is 38.0 Å². The Morgan fingerprint density at radius 3 is 2.00 bits per heavy atom. The van der Waals surface area contributed by atoms with Crippen molar-refractivity contribution in [1.29, 1.82) is 0 Å². The molecule has 1 aromatic heterocycles. The zero-order valence-corrected chi connectivity index (χ0v) is 24.3. The first-order chi connectivity index (χ1) is 17.4. The fraction of sp³-hybridized carbons (Fsp3) is 0.440. The van der Waals surface area contributed by atoms with Crippen molar-refractivity contribution in [1.82, 2.24) is 14.2 Å². The zero-order valence-electron chi connectivity index (χ0n) is 21.8. The number of rotatable bonds is 12. The SMILES string of the molecule is CCCN(CCC)S(=O)(=O)c1ccc(C(=O)N(CCN(C)C)c2nc3ccc(S(C)(=O)=O)cc3s2)cc1. The van der Waals surface area contributed by atoms with E-state index < -0.39 is 19.9 Å². The Labute approximate surface area is 223 Å². The van der Waals surface area contributed by atoms with E-state index in [1.165, 1.54) is 46.0 Å². The van der Waals surface area contributed by atoms with Crippen LogP contribution >= 0.6 is 11.3 Å². The van der Waals surface area contributed by atoms with Crippen LogP contribution < -0.4 is 4.90 Å². The summed E-state index contributed by atoms with van der Waals surface area (Å²) in [6.07, 6.45) is 2.57. The quantitative estimate of drug-likeness (QED) is 0.329. The molecule has 1 heterocycles. The number of amides is 1. The Balaban J connectivity index is 1.95. The van der Waals surface area contributed by atoms with Gasteiger partial charge in [-0.15, -0.1) is 0 Å². The molecule has 0 unspecified atom stereocenters. The van der Waals surface area contributed by atoms with E-state index in [4.69, 9.17) is 0 Å². The summed E-state index contributed by atoms with van der Waals surface area (Å²) in [4.78, 5) is 22.0. The molecule has 2 aromatic carbocycles. The average Bonchev–Trinajstić information content (AvgIpc) is 3.26. The molecule has 0 fully saturated rings. The number of fused-ring (bicyclic) bond motifs is 1. The topological polar surface area (TPSA) is 108 Å². The fourth-order valence-electron chi connectivity index (χ4n) is 3.75. The summed E-state index contributed by atoms with van der Waals surface area (Å²) in [6, 6.07) is 10.7. The van der Waals surface area contributed by atoms with Crippen molar-refractivity contribution in [3.8, 4) is 0 Å². The zero-order chi connectivity index (χ0) is 27.4. The molecule has 0 N–H and O–H groups in total. The smallest absolute Gasteiger partial charge is 0.260 e. The lowest BCUT2D eigenvalue weighted by molar-refractivity contribution is 0.0985. The summed E-state index contributed by atoms with van der Waals surface area (Å²) in [5.74, 6) is -0.313. The van der Waals surface area contributed by atoms with Gasteiger partial charge in [-0.2, -0.15) is 4.31 Å². The molecule has 0 aliphatic rings. The molecular weight excluding hydrogens is 532 g/mol. The number of carbonyl (C=O) groups excluding carboxylic acids is 1. The maximum atomic E-state index is 13.6. The molecular formula is C25H34N4O5S3. The molecule has 0 radical (unpaired) electrons. The molecule has 0 aliphatic heterocycles. The van der Waals surface area contributed by atoms with Gasteiger partial charge in [-0.1, -0.05) is 25.2 Å². The van der Waals surface area contributed by atoms with E-state index in [1.54, 1.807) is 17.0 Å². The molecule has 12 heteroatoms. The van der Waals surface area contributed by atoms with E-state index in [9.17, 15) is 21.6 Å². The standard InChI is InChI=1S/C25H34N4O5S3/c1-6-14-28(15-7-2)37(33,34)20-10-8-19(9-11-20)24(30)29(17-16-27(3)4)25-26-22-13-12-21(36(5,31)32)18-23(22)35-25/h8-13,18H,6-7,14-17H2,1-5H3. The van der Waals surface area contributed by atoms with Crippen molar-refractivity contribution in [2.45, 2.75) is 36.5 Å². The van der Waals surface area contributed by atoms with Crippen molar-refractivity contribution in [3.05, 3.63) is 48.0 Å². The van der Waals surface area contributed by atoms with Crippen LogP contribution in [0, 0.1) is 0 Å². The summed E-state index contributed by atoms with van der Waals surface area (Å²) >= 11 is 1.24. The monoisotopic (exact) mass is 566 g/mol. The number of thiazole rings is 1. The molecule has 0 saturated carbocycles. The third kappa shape index (κ3) is 6.94. The van der Waals surface area contributed by atoms with Gasteiger partial charge in [-0.25, -0.2) is 21.8 Å². The van der Waals surface area contributed by atoms with Crippen LogP contribution in [0.2, 0.25) is 0 Å². The third-order valence-electron chi connectivity index (χ3n) is 5.71. The highest BCUT2D eigenvalue weighted by Gasteiger charge is 2.25. The molecule has 1 amide bonds. The fourth-order valence-corrected chi connectivity index (χ4v) is 7.12. The normalized spacial score (nSPS) is 12.5. The Morgan fingerprint density at radius 2 is 1.46 bits per heavy atom. The van der Waals surface area contributed by atoms with Crippen LogP contribution in [0.4, 0.5) is 5.13 Å². The largest absolute Gasteiger partial charge is 0.308 e. The van der Waals surface area contributed by atoms with Gasteiger partial charge in [0.25, 0.3) is 5.91 Å². The second-order valence-electron chi connectivity index (χ2n) is 9.09. The number of aromatic nitrogens is 1. The molecule has 9 nitrogen and oxygen atoms in total. The minimum Gasteiger partial charge on any atom is -0.308 e. The number of sulfone groups is 1. The Hall–Kier alpha value is -2.38. The third-order valence-corrected chi connectivity index (χ3v) is 9.77. The average molecular weight is 567 g/mol. The minimum atomic E-state index is -3.65. The second kappa shape index (κ2) is 12.0. The van der Waals surface area contributed by atoms with E-state index in [1.807, 2.05) is 32.8 Å². The van der Waals surface area contributed by atoms with Crippen LogP contribution in [0.5, 0.6) is 0 Å². The predicted octanol–water partition coefficient (Wildman–Crippen LogP) is 3.72. The van der Waals surface area contributed by atoms with E-state index in [2.05, 4.69) is 4.98 Å². The number of hydrogen-bond acceptors (Lipinski definition) is 8. The van der Waals surface area contributed by atoms with Crippen LogP contribution in [0.25, 0.3) is 10.2 Å². The summed E-state index contributed by atoms with van der Waals surface area (Å²) in [7, 11) is -3.23. The van der Waals surface area contributed by atoms with Crippen LogP contribution in [-0.4, -0.2) is 83.5 Å². The molecule has 3 rings (SSSR count). The van der Waals surface area contributed by atoms with E-state index in [0.717, 1.165) is 6.26 Å². The summed E-state index contributed by atoms with van der Waals surface area (Å²) < 4.78 is 52.3. The van der Waals surface area contributed by atoms with Crippen LogP contribution in [0.3, 0.4) is 0 Å². The number of nitrogens with zero attached hydrogens (tertiary/aromatic N) is 4. The van der Waals surface area contributed by atoms with Gasteiger partial charge < -0.3 is 4.90 Å². The maximum Gasteiger partial charge on any atom is 0.260 e. The maximum absolute atomic E-state index is 13.6. The molecule has 0 aliphatic carbocycles. The molecule has 3 aromatic rings.